The van der Waals surface area contributed by atoms with E-state index in [2.05, 4.69) is 56.0 Å². The first-order valence-corrected chi connectivity index (χ1v) is 9.03. The van der Waals surface area contributed by atoms with Crippen LogP contribution >= 0.6 is 50.1 Å². The van der Waals surface area contributed by atoms with Gasteiger partial charge in [-0.25, -0.2) is 0 Å². The Kier molecular flexibility index (Phi) is 6.51. The maximum absolute atomic E-state index is 12.4. The van der Waals surface area contributed by atoms with Gasteiger partial charge in [0.25, 0.3) is 5.91 Å². The number of halogens is 3. The van der Waals surface area contributed by atoms with Crippen LogP contribution in [0.4, 0.5) is 0 Å². The molecule has 2 aromatic carbocycles. The number of carbonyl (C=O) groups is 1. The van der Waals surface area contributed by atoms with Crippen molar-refractivity contribution in [3.63, 3.8) is 0 Å². The van der Waals surface area contributed by atoms with Crippen molar-refractivity contribution < 1.29 is 4.79 Å². The molecule has 1 atom stereocenters. The smallest absolute Gasteiger partial charge is 0.252 e. The Balaban J connectivity index is 2.07. The van der Waals surface area contributed by atoms with Crippen LogP contribution in [0.3, 0.4) is 0 Å². The first kappa shape index (κ1) is 16.8. The maximum atomic E-state index is 12.4. The van der Waals surface area contributed by atoms with Crippen molar-refractivity contribution >= 4 is 56.0 Å². The van der Waals surface area contributed by atoms with Crippen LogP contribution in [-0.4, -0.2) is 17.3 Å². The van der Waals surface area contributed by atoms with Crippen molar-refractivity contribution in [3.8, 4) is 0 Å². The second-order valence-electron chi connectivity index (χ2n) is 4.64. The number of hydrogen-bond donors (Lipinski definition) is 1. The third-order valence-corrected chi connectivity index (χ3v) is 4.98. The standard InChI is InChI=1S/C16H14BrClINO/c17-10-13(8-11-4-2-1-3-5-11)20-16(21)14-9-12(18)6-7-15(14)19/h1-7,9,13H,8,10H2,(H,20,21). The van der Waals surface area contributed by atoms with Gasteiger partial charge in [-0.3, -0.25) is 4.79 Å². The Labute approximate surface area is 151 Å². The van der Waals surface area contributed by atoms with E-state index in [0.717, 1.165) is 9.99 Å². The molecule has 1 N–H and O–H groups in total. The summed E-state index contributed by atoms with van der Waals surface area (Å²) in [6.07, 6.45) is 0.787. The Morgan fingerprint density at radius 1 is 1.24 bits per heavy atom. The third kappa shape index (κ3) is 4.97. The molecule has 0 saturated heterocycles. The molecule has 0 aliphatic carbocycles. The van der Waals surface area contributed by atoms with E-state index in [9.17, 15) is 4.79 Å². The van der Waals surface area contributed by atoms with Gasteiger partial charge in [0.05, 0.1) is 5.56 Å². The van der Waals surface area contributed by atoms with E-state index in [0.29, 0.717) is 15.9 Å². The van der Waals surface area contributed by atoms with Gasteiger partial charge in [0, 0.05) is 20.0 Å². The molecule has 110 valence electrons. The summed E-state index contributed by atoms with van der Waals surface area (Å²) in [4.78, 5) is 12.4. The van der Waals surface area contributed by atoms with Gasteiger partial charge in [-0.2, -0.15) is 0 Å². The van der Waals surface area contributed by atoms with Gasteiger partial charge >= 0.3 is 0 Å². The van der Waals surface area contributed by atoms with Gasteiger partial charge in [0.2, 0.25) is 0 Å². The van der Waals surface area contributed by atoms with E-state index < -0.39 is 0 Å². The van der Waals surface area contributed by atoms with E-state index >= 15 is 0 Å². The van der Waals surface area contributed by atoms with E-state index in [1.165, 1.54) is 5.56 Å². The molecule has 0 aliphatic heterocycles. The maximum Gasteiger partial charge on any atom is 0.252 e. The highest BCUT2D eigenvalue weighted by molar-refractivity contribution is 14.1. The zero-order chi connectivity index (χ0) is 15.2. The van der Waals surface area contributed by atoms with Crippen LogP contribution in [0.2, 0.25) is 5.02 Å². The molecular formula is C16H14BrClINO. The molecule has 1 unspecified atom stereocenters. The summed E-state index contributed by atoms with van der Waals surface area (Å²) in [6, 6.07) is 15.5. The predicted octanol–water partition coefficient (Wildman–Crippen LogP) is 4.68. The SMILES string of the molecule is O=C(NC(CBr)Cc1ccccc1)c1cc(Cl)ccc1I. The highest BCUT2D eigenvalue weighted by Gasteiger charge is 2.16. The zero-order valence-corrected chi connectivity index (χ0v) is 15.7. The quantitative estimate of drug-likeness (QED) is 0.491. The Morgan fingerprint density at radius 2 is 1.95 bits per heavy atom. The highest BCUT2D eigenvalue weighted by Crippen LogP contribution is 2.18. The van der Waals surface area contributed by atoms with Crippen LogP contribution in [-0.2, 0) is 6.42 Å². The van der Waals surface area contributed by atoms with Crippen LogP contribution in [0.25, 0.3) is 0 Å². The van der Waals surface area contributed by atoms with E-state index in [1.807, 2.05) is 24.3 Å². The number of nitrogens with one attached hydrogen (secondary N) is 1. The lowest BCUT2D eigenvalue weighted by atomic mass is 10.1. The van der Waals surface area contributed by atoms with E-state index in [-0.39, 0.29) is 11.9 Å². The fraction of sp³-hybridized carbons (Fsp3) is 0.188. The van der Waals surface area contributed by atoms with Gasteiger partial charge in [-0.1, -0.05) is 57.9 Å². The lowest BCUT2D eigenvalue weighted by Gasteiger charge is -2.17. The lowest BCUT2D eigenvalue weighted by Crippen LogP contribution is -2.38. The van der Waals surface area contributed by atoms with Crippen molar-refractivity contribution in [1.82, 2.24) is 5.32 Å². The fourth-order valence-corrected chi connectivity index (χ4v) is 3.12. The largest absolute Gasteiger partial charge is 0.348 e. The average molecular weight is 479 g/mol. The minimum atomic E-state index is -0.0951. The summed E-state index contributed by atoms with van der Waals surface area (Å²) in [5.41, 5.74) is 1.81. The molecule has 21 heavy (non-hydrogen) atoms. The van der Waals surface area contributed by atoms with Gasteiger partial charge in [0.15, 0.2) is 0 Å². The van der Waals surface area contributed by atoms with Gasteiger partial charge in [0.1, 0.15) is 0 Å². The molecular weight excluding hydrogens is 464 g/mol. The van der Waals surface area contributed by atoms with Crippen molar-refractivity contribution in [3.05, 3.63) is 68.3 Å². The van der Waals surface area contributed by atoms with Crippen LogP contribution in [0.15, 0.2) is 48.5 Å². The number of alkyl halides is 1. The van der Waals surface area contributed by atoms with Gasteiger partial charge in [-0.05, 0) is 52.8 Å². The summed E-state index contributed by atoms with van der Waals surface area (Å²) < 4.78 is 0.891. The molecule has 5 heteroatoms. The van der Waals surface area contributed by atoms with Crippen molar-refractivity contribution in [1.29, 1.82) is 0 Å². The first-order chi connectivity index (χ1) is 10.1. The van der Waals surface area contributed by atoms with Crippen molar-refractivity contribution in [2.75, 3.05) is 5.33 Å². The van der Waals surface area contributed by atoms with Crippen LogP contribution < -0.4 is 5.32 Å². The Morgan fingerprint density at radius 3 is 2.62 bits per heavy atom. The highest BCUT2D eigenvalue weighted by atomic mass is 127. The predicted molar refractivity (Wildman–Crippen MR) is 99.4 cm³/mol. The molecule has 2 rings (SSSR count). The van der Waals surface area contributed by atoms with Gasteiger partial charge < -0.3 is 5.32 Å². The van der Waals surface area contributed by atoms with Crippen LogP contribution in [0.5, 0.6) is 0 Å². The second-order valence-corrected chi connectivity index (χ2v) is 6.88. The molecule has 2 nitrogen and oxygen atoms in total. The number of benzene rings is 2. The average Bonchev–Trinajstić information content (AvgIpc) is 2.50. The molecule has 0 radical (unpaired) electrons. The van der Waals surface area contributed by atoms with E-state index in [1.54, 1.807) is 12.1 Å². The molecule has 0 heterocycles. The van der Waals surface area contributed by atoms with E-state index in [4.69, 9.17) is 11.6 Å². The molecule has 0 fully saturated rings. The molecule has 0 bridgehead atoms. The minimum Gasteiger partial charge on any atom is -0.348 e. The van der Waals surface area contributed by atoms with Crippen molar-refractivity contribution in [2.45, 2.75) is 12.5 Å². The summed E-state index contributed by atoms with van der Waals surface area (Å²) in [5.74, 6) is -0.0951. The zero-order valence-electron chi connectivity index (χ0n) is 11.2. The molecule has 1 amide bonds. The monoisotopic (exact) mass is 477 g/mol. The summed E-state index contributed by atoms with van der Waals surface area (Å²) in [5, 5.41) is 4.32. The van der Waals surface area contributed by atoms with Crippen LogP contribution in [0.1, 0.15) is 15.9 Å². The fourth-order valence-electron chi connectivity index (χ4n) is 1.98. The minimum absolute atomic E-state index is 0.0367. The summed E-state index contributed by atoms with van der Waals surface area (Å²) in [7, 11) is 0. The van der Waals surface area contributed by atoms with Crippen LogP contribution in [0, 0.1) is 3.57 Å². The summed E-state index contributed by atoms with van der Waals surface area (Å²) >= 11 is 11.6. The van der Waals surface area contributed by atoms with Crippen molar-refractivity contribution in [2.24, 2.45) is 0 Å². The molecule has 0 saturated carbocycles. The number of rotatable bonds is 5. The topological polar surface area (TPSA) is 29.1 Å². The third-order valence-electron chi connectivity index (χ3n) is 3.02. The molecule has 0 spiro atoms. The summed E-state index contributed by atoms with van der Waals surface area (Å²) in [6.45, 7) is 0. The second kappa shape index (κ2) is 8.15. The molecule has 0 aromatic heterocycles. The Hall–Kier alpha value is -0.590. The lowest BCUT2D eigenvalue weighted by molar-refractivity contribution is 0.0940. The normalized spacial score (nSPS) is 12.0. The molecule has 2 aromatic rings. The number of hydrogen-bond acceptors (Lipinski definition) is 1. The molecule has 0 aliphatic rings. The first-order valence-electron chi connectivity index (χ1n) is 6.46. The Bertz CT molecular complexity index is 621. The van der Waals surface area contributed by atoms with Gasteiger partial charge in [-0.15, -0.1) is 0 Å². The number of amides is 1. The number of carbonyl (C=O) groups excluding carboxylic acids is 1.